The van der Waals surface area contributed by atoms with E-state index in [9.17, 15) is 24.3 Å². The summed E-state index contributed by atoms with van der Waals surface area (Å²) in [5, 5.41) is 34.1. The molecule has 9 N–H and O–H groups in total. The molecule has 4 unspecified atom stereocenters. The van der Waals surface area contributed by atoms with Gasteiger partial charge in [-0.15, -0.1) is 0 Å². The second-order valence-corrected chi connectivity index (χ2v) is 6.94. The molecule has 0 aromatic carbocycles. The minimum atomic E-state index is -1.60. The number of amides is 3. The monoisotopic (exact) mass is 428 g/mol. The van der Waals surface area contributed by atoms with Gasteiger partial charge < -0.3 is 42.0 Å². The first-order chi connectivity index (χ1) is 14.1. The van der Waals surface area contributed by atoms with Crippen molar-refractivity contribution < 1.29 is 34.5 Å². The van der Waals surface area contributed by atoms with E-state index in [1.807, 2.05) is 5.32 Å². The maximum Gasteiger partial charge on any atom is 0.328 e. The highest BCUT2D eigenvalue weighted by atomic mass is 16.4. The number of aliphatic carboxylic acids is 1. The van der Waals surface area contributed by atoms with Gasteiger partial charge in [-0.3, -0.25) is 14.4 Å². The largest absolute Gasteiger partial charge is 0.480 e. The summed E-state index contributed by atoms with van der Waals surface area (Å²) in [5.41, 5.74) is 6.33. The summed E-state index contributed by atoms with van der Waals surface area (Å²) in [7, 11) is 0. The number of nitrogens with zero attached hydrogens (tertiary/aromatic N) is 1. The number of carbonyl (C=O) groups excluding carboxylic acids is 3. The standard InChI is InChI=1S/C17H28N6O7/c1-8(2)13(18)16(28)21-10(3-9-4-19-7-20-9)14(26)22-11(5-24)15(27)23-12(6-25)17(29)30/h4,7-8,10-13,24-25H,3,5-6,18H2,1-2H3,(H,19,20)(H,21,28)(H,22,26)(H,23,27)(H,29,30). The number of hydrogen-bond donors (Lipinski definition) is 8. The van der Waals surface area contributed by atoms with E-state index in [0.717, 1.165) is 0 Å². The summed E-state index contributed by atoms with van der Waals surface area (Å²) >= 11 is 0. The molecule has 13 heteroatoms. The fourth-order valence-corrected chi connectivity index (χ4v) is 2.32. The fourth-order valence-electron chi connectivity index (χ4n) is 2.32. The fraction of sp³-hybridized carbons (Fsp3) is 0.588. The number of aromatic nitrogens is 2. The number of aliphatic hydroxyl groups excluding tert-OH is 2. The molecule has 0 saturated heterocycles. The molecule has 0 fully saturated rings. The van der Waals surface area contributed by atoms with Crippen LogP contribution in [0, 0.1) is 5.92 Å². The maximum atomic E-state index is 12.7. The van der Waals surface area contributed by atoms with Crippen LogP contribution < -0.4 is 21.7 Å². The van der Waals surface area contributed by atoms with E-state index in [1.165, 1.54) is 12.5 Å². The number of carboxylic acid groups (broad SMARTS) is 1. The van der Waals surface area contributed by atoms with Crippen LogP contribution in [-0.4, -0.2) is 86.4 Å². The van der Waals surface area contributed by atoms with Crippen LogP contribution in [0.2, 0.25) is 0 Å². The third-order valence-electron chi connectivity index (χ3n) is 4.25. The van der Waals surface area contributed by atoms with Crippen molar-refractivity contribution >= 4 is 23.7 Å². The van der Waals surface area contributed by atoms with Crippen molar-refractivity contribution in [3.05, 3.63) is 18.2 Å². The molecule has 0 bridgehead atoms. The Bertz CT molecular complexity index is 724. The highest BCUT2D eigenvalue weighted by Gasteiger charge is 2.30. The molecule has 3 amide bonds. The Kier molecular flexibility index (Phi) is 9.88. The molecule has 0 radical (unpaired) electrons. The van der Waals surface area contributed by atoms with E-state index in [4.69, 9.17) is 15.9 Å². The number of imidazole rings is 1. The number of H-pyrrole nitrogens is 1. The lowest BCUT2D eigenvalue weighted by Crippen LogP contribution is -2.59. The van der Waals surface area contributed by atoms with Gasteiger partial charge in [0.2, 0.25) is 17.7 Å². The number of rotatable bonds is 12. The number of aromatic amines is 1. The first-order valence-electron chi connectivity index (χ1n) is 9.19. The average Bonchev–Trinajstić information content (AvgIpc) is 3.21. The third kappa shape index (κ3) is 7.42. The number of nitrogens with one attached hydrogen (secondary N) is 4. The van der Waals surface area contributed by atoms with Crippen molar-refractivity contribution in [2.45, 2.75) is 44.4 Å². The highest BCUT2D eigenvalue weighted by molar-refractivity contribution is 5.94. The van der Waals surface area contributed by atoms with Gasteiger partial charge in [-0.1, -0.05) is 13.8 Å². The Hall–Kier alpha value is -3.03. The zero-order chi connectivity index (χ0) is 22.8. The van der Waals surface area contributed by atoms with Crippen molar-refractivity contribution in [1.29, 1.82) is 0 Å². The second kappa shape index (κ2) is 11.8. The van der Waals surface area contributed by atoms with Gasteiger partial charge >= 0.3 is 5.97 Å². The van der Waals surface area contributed by atoms with Crippen molar-refractivity contribution in [1.82, 2.24) is 25.9 Å². The van der Waals surface area contributed by atoms with Crippen LogP contribution in [0.15, 0.2) is 12.5 Å². The average molecular weight is 428 g/mol. The third-order valence-corrected chi connectivity index (χ3v) is 4.25. The molecule has 168 valence electrons. The van der Waals surface area contributed by atoms with Gasteiger partial charge in [-0.2, -0.15) is 0 Å². The van der Waals surface area contributed by atoms with Crippen molar-refractivity contribution in [3.63, 3.8) is 0 Å². The first kappa shape index (κ1) is 25.0. The van der Waals surface area contributed by atoms with Crippen molar-refractivity contribution in [2.24, 2.45) is 11.7 Å². The molecule has 1 aromatic heterocycles. The number of carboxylic acids is 1. The predicted octanol–water partition coefficient (Wildman–Crippen LogP) is -3.54. The van der Waals surface area contributed by atoms with Gasteiger partial charge in [-0.05, 0) is 5.92 Å². The van der Waals surface area contributed by atoms with E-state index < -0.39 is 61.1 Å². The lowest BCUT2D eigenvalue weighted by Gasteiger charge is -2.24. The lowest BCUT2D eigenvalue weighted by atomic mass is 10.0. The quantitative estimate of drug-likeness (QED) is 0.165. The molecule has 13 nitrogen and oxygen atoms in total. The van der Waals surface area contributed by atoms with Gasteiger partial charge in [0, 0.05) is 18.3 Å². The summed E-state index contributed by atoms with van der Waals surface area (Å²) in [6.45, 7) is 1.76. The number of aliphatic hydroxyl groups is 2. The molecule has 0 aliphatic carbocycles. The number of hydrogen-bond acceptors (Lipinski definition) is 8. The van der Waals surface area contributed by atoms with Gasteiger partial charge in [0.15, 0.2) is 0 Å². The molecule has 30 heavy (non-hydrogen) atoms. The van der Waals surface area contributed by atoms with Crippen LogP contribution in [0.5, 0.6) is 0 Å². The molecule has 4 atom stereocenters. The van der Waals surface area contributed by atoms with E-state index in [0.29, 0.717) is 5.69 Å². The molecule has 0 aliphatic heterocycles. The highest BCUT2D eigenvalue weighted by Crippen LogP contribution is 2.03. The zero-order valence-corrected chi connectivity index (χ0v) is 16.7. The molecular formula is C17H28N6O7. The Labute approximate surface area is 172 Å². The topological polar surface area (TPSA) is 220 Å². The summed E-state index contributed by atoms with van der Waals surface area (Å²) in [4.78, 5) is 54.7. The lowest BCUT2D eigenvalue weighted by molar-refractivity contribution is -0.143. The van der Waals surface area contributed by atoms with E-state index >= 15 is 0 Å². The summed E-state index contributed by atoms with van der Waals surface area (Å²) in [5.74, 6) is -4.08. The van der Waals surface area contributed by atoms with Crippen LogP contribution in [-0.2, 0) is 25.6 Å². The Morgan fingerprint density at radius 3 is 2.00 bits per heavy atom. The summed E-state index contributed by atoms with van der Waals surface area (Å²) in [6, 6.07) is -5.14. The Morgan fingerprint density at radius 1 is 1.00 bits per heavy atom. The SMILES string of the molecule is CC(C)C(N)C(=O)NC(Cc1cnc[nH]1)C(=O)NC(CO)C(=O)NC(CO)C(=O)O. The molecule has 0 saturated carbocycles. The van der Waals surface area contributed by atoms with E-state index in [-0.39, 0.29) is 12.3 Å². The van der Waals surface area contributed by atoms with E-state index in [2.05, 4.69) is 20.6 Å². The van der Waals surface area contributed by atoms with Crippen LogP contribution in [0.3, 0.4) is 0 Å². The second-order valence-electron chi connectivity index (χ2n) is 6.94. The minimum absolute atomic E-state index is 0.00343. The zero-order valence-electron chi connectivity index (χ0n) is 16.7. The minimum Gasteiger partial charge on any atom is -0.480 e. The molecule has 1 aromatic rings. The molecule has 1 rings (SSSR count). The Balaban J connectivity index is 2.91. The molecule has 0 spiro atoms. The normalized spacial score (nSPS) is 15.0. The predicted molar refractivity (Wildman–Crippen MR) is 103 cm³/mol. The number of carbonyl (C=O) groups is 4. The van der Waals surface area contributed by atoms with Gasteiger partial charge in [-0.25, -0.2) is 9.78 Å². The molecular weight excluding hydrogens is 400 g/mol. The summed E-state index contributed by atoms with van der Waals surface area (Å²) < 4.78 is 0. The van der Waals surface area contributed by atoms with Crippen LogP contribution in [0.1, 0.15) is 19.5 Å². The van der Waals surface area contributed by atoms with Crippen LogP contribution >= 0.6 is 0 Å². The van der Waals surface area contributed by atoms with Crippen LogP contribution in [0.25, 0.3) is 0 Å². The summed E-state index contributed by atoms with van der Waals surface area (Å²) in [6.07, 6.45) is 2.83. The smallest absolute Gasteiger partial charge is 0.328 e. The van der Waals surface area contributed by atoms with Gasteiger partial charge in [0.1, 0.15) is 18.1 Å². The van der Waals surface area contributed by atoms with Crippen molar-refractivity contribution in [3.8, 4) is 0 Å². The first-order valence-corrected chi connectivity index (χ1v) is 9.19. The maximum absolute atomic E-state index is 12.7. The van der Waals surface area contributed by atoms with Gasteiger partial charge in [0.25, 0.3) is 0 Å². The molecule has 1 heterocycles. The van der Waals surface area contributed by atoms with Crippen LogP contribution in [0.4, 0.5) is 0 Å². The van der Waals surface area contributed by atoms with Crippen molar-refractivity contribution in [2.75, 3.05) is 13.2 Å². The van der Waals surface area contributed by atoms with Gasteiger partial charge in [0.05, 0.1) is 25.6 Å². The Morgan fingerprint density at radius 2 is 1.53 bits per heavy atom. The van der Waals surface area contributed by atoms with E-state index in [1.54, 1.807) is 13.8 Å². The molecule has 0 aliphatic rings. The number of nitrogens with two attached hydrogens (primary N) is 1.